The molecule has 3 heteroatoms. The predicted octanol–water partition coefficient (Wildman–Crippen LogP) is 3.61. The Labute approximate surface area is 107 Å². The minimum absolute atomic E-state index is 0.359. The molecule has 2 aromatic heterocycles. The molecule has 90 valence electrons. The Morgan fingerprint density at radius 1 is 1.29 bits per heavy atom. The molecule has 0 unspecified atom stereocenters. The van der Waals surface area contributed by atoms with Crippen molar-refractivity contribution in [1.29, 1.82) is 0 Å². The summed E-state index contributed by atoms with van der Waals surface area (Å²) < 4.78 is 0. The van der Waals surface area contributed by atoms with E-state index in [0.29, 0.717) is 6.04 Å². The molecule has 2 heterocycles. The molecule has 0 fully saturated rings. The van der Waals surface area contributed by atoms with Crippen LogP contribution >= 0.6 is 11.3 Å². The van der Waals surface area contributed by atoms with Gasteiger partial charge in [0, 0.05) is 34.7 Å². The molecule has 17 heavy (non-hydrogen) atoms. The molecular formula is C14H18N2S. The van der Waals surface area contributed by atoms with Crippen molar-refractivity contribution in [3.63, 3.8) is 0 Å². The first-order valence-electron chi connectivity index (χ1n) is 5.86. The number of aromatic nitrogens is 1. The Bertz CT molecular complexity index is 476. The number of rotatable bonds is 4. The van der Waals surface area contributed by atoms with Crippen molar-refractivity contribution in [2.45, 2.75) is 33.4 Å². The molecule has 0 saturated carbocycles. The van der Waals surface area contributed by atoms with Crippen LogP contribution < -0.4 is 5.32 Å². The summed E-state index contributed by atoms with van der Waals surface area (Å²) >= 11 is 1.87. The number of pyridine rings is 1. The van der Waals surface area contributed by atoms with Gasteiger partial charge in [-0.05, 0) is 50.1 Å². The van der Waals surface area contributed by atoms with Crippen LogP contribution in [-0.2, 0) is 6.54 Å². The number of aryl methyl sites for hydroxylation is 2. The highest BCUT2D eigenvalue weighted by Gasteiger charge is 2.07. The van der Waals surface area contributed by atoms with Gasteiger partial charge in [0.15, 0.2) is 0 Å². The molecule has 0 bridgehead atoms. The van der Waals surface area contributed by atoms with E-state index in [9.17, 15) is 0 Å². The number of nitrogens with zero attached hydrogens (tertiary/aromatic N) is 1. The number of thiophene rings is 1. The highest BCUT2D eigenvalue weighted by molar-refractivity contribution is 7.12. The molecule has 1 atom stereocenters. The molecule has 0 aliphatic heterocycles. The van der Waals surface area contributed by atoms with Gasteiger partial charge in [-0.15, -0.1) is 11.3 Å². The van der Waals surface area contributed by atoms with Gasteiger partial charge in [0.05, 0.1) is 0 Å². The van der Waals surface area contributed by atoms with Crippen LogP contribution in [0.5, 0.6) is 0 Å². The Balaban J connectivity index is 1.97. The first-order chi connectivity index (χ1) is 8.16. The van der Waals surface area contributed by atoms with E-state index in [0.717, 1.165) is 6.54 Å². The fourth-order valence-electron chi connectivity index (χ4n) is 1.89. The van der Waals surface area contributed by atoms with Crippen molar-refractivity contribution in [2.75, 3.05) is 0 Å². The van der Waals surface area contributed by atoms with Crippen molar-refractivity contribution >= 4 is 11.3 Å². The number of nitrogens with one attached hydrogen (secondary N) is 1. The average Bonchev–Trinajstić information content (AvgIpc) is 2.66. The van der Waals surface area contributed by atoms with Crippen molar-refractivity contribution in [3.8, 4) is 0 Å². The van der Waals surface area contributed by atoms with Crippen LogP contribution in [0.1, 0.15) is 33.8 Å². The monoisotopic (exact) mass is 246 g/mol. The SMILES string of the molecule is Cc1cc(CN[C@@H](C)c2ccncc2)c(C)s1. The Morgan fingerprint density at radius 3 is 2.59 bits per heavy atom. The third-order valence-corrected chi connectivity index (χ3v) is 3.96. The molecule has 0 spiro atoms. The van der Waals surface area contributed by atoms with Crippen molar-refractivity contribution in [2.24, 2.45) is 0 Å². The smallest absolute Gasteiger partial charge is 0.0296 e. The summed E-state index contributed by atoms with van der Waals surface area (Å²) in [4.78, 5) is 6.84. The standard InChI is InChI=1S/C14H18N2S/c1-10-8-14(12(3)17-10)9-16-11(2)13-4-6-15-7-5-13/h4-8,11,16H,9H2,1-3H3/t11-/m0/s1. The summed E-state index contributed by atoms with van der Waals surface area (Å²) in [6, 6.07) is 6.75. The molecule has 2 aromatic rings. The highest BCUT2D eigenvalue weighted by Crippen LogP contribution is 2.21. The van der Waals surface area contributed by atoms with Gasteiger partial charge in [-0.25, -0.2) is 0 Å². The van der Waals surface area contributed by atoms with Crippen LogP contribution in [0, 0.1) is 13.8 Å². The Morgan fingerprint density at radius 2 is 2.00 bits per heavy atom. The zero-order valence-corrected chi connectivity index (χ0v) is 11.3. The first kappa shape index (κ1) is 12.3. The zero-order valence-electron chi connectivity index (χ0n) is 10.5. The molecule has 0 radical (unpaired) electrons. The van der Waals surface area contributed by atoms with Crippen molar-refractivity contribution < 1.29 is 0 Å². The minimum Gasteiger partial charge on any atom is -0.306 e. The van der Waals surface area contributed by atoms with Gasteiger partial charge in [-0.2, -0.15) is 0 Å². The molecule has 0 saturated heterocycles. The van der Waals surface area contributed by atoms with Gasteiger partial charge in [0.2, 0.25) is 0 Å². The number of hydrogen-bond donors (Lipinski definition) is 1. The maximum absolute atomic E-state index is 4.04. The molecular weight excluding hydrogens is 228 g/mol. The van der Waals surface area contributed by atoms with Crippen LogP contribution in [0.2, 0.25) is 0 Å². The van der Waals surface area contributed by atoms with Gasteiger partial charge in [-0.1, -0.05) is 0 Å². The third-order valence-electron chi connectivity index (χ3n) is 2.95. The minimum atomic E-state index is 0.359. The van der Waals surface area contributed by atoms with Crippen LogP contribution in [0.3, 0.4) is 0 Å². The molecule has 2 rings (SSSR count). The molecule has 1 N–H and O–H groups in total. The van der Waals surface area contributed by atoms with E-state index in [1.54, 1.807) is 0 Å². The van der Waals surface area contributed by atoms with Gasteiger partial charge >= 0.3 is 0 Å². The van der Waals surface area contributed by atoms with Gasteiger partial charge in [0.1, 0.15) is 0 Å². The summed E-state index contributed by atoms with van der Waals surface area (Å²) in [6.45, 7) is 7.46. The van der Waals surface area contributed by atoms with Gasteiger partial charge in [-0.3, -0.25) is 4.98 Å². The lowest BCUT2D eigenvalue weighted by atomic mass is 10.1. The summed E-state index contributed by atoms with van der Waals surface area (Å²) in [6.07, 6.45) is 3.68. The summed E-state index contributed by atoms with van der Waals surface area (Å²) in [5, 5.41) is 3.55. The van der Waals surface area contributed by atoms with Crippen LogP contribution in [0.4, 0.5) is 0 Å². The normalized spacial score (nSPS) is 12.6. The van der Waals surface area contributed by atoms with Gasteiger partial charge < -0.3 is 5.32 Å². The topological polar surface area (TPSA) is 24.9 Å². The second-order valence-corrected chi connectivity index (χ2v) is 5.78. The molecule has 2 nitrogen and oxygen atoms in total. The Hall–Kier alpha value is -1.19. The first-order valence-corrected chi connectivity index (χ1v) is 6.67. The molecule has 0 aliphatic carbocycles. The third kappa shape index (κ3) is 3.14. The van der Waals surface area contributed by atoms with E-state index in [1.165, 1.54) is 20.9 Å². The lowest BCUT2D eigenvalue weighted by Crippen LogP contribution is -2.18. The summed E-state index contributed by atoms with van der Waals surface area (Å²) in [5.41, 5.74) is 2.69. The van der Waals surface area contributed by atoms with Crippen molar-refractivity contribution in [3.05, 3.63) is 51.5 Å². The fraction of sp³-hybridized carbons (Fsp3) is 0.357. The second-order valence-electron chi connectivity index (χ2n) is 4.32. The lowest BCUT2D eigenvalue weighted by Gasteiger charge is -2.13. The van der Waals surface area contributed by atoms with Crippen LogP contribution in [0.15, 0.2) is 30.6 Å². The molecule has 0 amide bonds. The highest BCUT2D eigenvalue weighted by atomic mass is 32.1. The maximum atomic E-state index is 4.04. The van der Waals surface area contributed by atoms with Crippen LogP contribution in [0.25, 0.3) is 0 Å². The quantitative estimate of drug-likeness (QED) is 0.891. The summed E-state index contributed by atoms with van der Waals surface area (Å²) in [7, 11) is 0. The molecule has 0 aliphatic rings. The Kier molecular flexibility index (Phi) is 3.92. The fourth-order valence-corrected chi connectivity index (χ4v) is 2.84. The lowest BCUT2D eigenvalue weighted by molar-refractivity contribution is 0.574. The largest absolute Gasteiger partial charge is 0.306 e. The average molecular weight is 246 g/mol. The van der Waals surface area contributed by atoms with E-state index in [-0.39, 0.29) is 0 Å². The maximum Gasteiger partial charge on any atom is 0.0296 e. The second kappa shape index (κ2) is 5.43. The number of hydrogen-bond acceptors (Lipinski definition) is 3. The van der Waals surface area contributed by atoms with Crippen molar-refractivity contribution in [1.82, 2.24) is 10.3 Å². The van der Waals surface area contributed by atoms with Gasteiger partial charge in [0.25, 0.3) is 0 Å². The van der Waals surface area contributed by atoms with E-state index in [2.05, 4.69) is 49.3 Å². The van der Waals surface area contributed by atoms with Crippen LogP contribution in [-0.4, -0.2) is 4.98 Å². The molecule has 0 aromatic carbocycles. The predicted molar refractivity (Wildman–Crippen MR) is 73.3 cm³/mol. The van der Waals surface area contributed by atoms with E-state index in [4.69, 9.17) is 0 Å². The van der Waals surface area contributed by atoms with E-state index >= 15 is 0 Å². The van der Waals surface area contributed by atoms with E-state index < -0.39 is 0 Å². The summed E-state index contributed by atoms with van der Waals surface area (Å²) in [5.74, 6) is 0. The van der Waals surface area contributed by atoms with E-state index in [1.807, 2.05) is 23.7 Å². The zero-order chi connectivity index (χ0) is 12.3.